The fraction of sp³-hybridized carbons (Fsp3) is 0.200. The number of hydrogen-bond donors (Lipinski definition) is 1. The Labute approximate surface area is 122 Å². The fourth-order valence-electron chi connectivity index (χ4n) is 2.41. The number of rotatable bonds is 1. The van der Waals surface area contributed by atoms with Crippen molar-refractivity contribution in [3.8, 4) is 0 Å². The van der Waals surface area contributed by atoms with Crippen LogP contribution in [0.4, 0.5) is 5.69 Å². The van der Waals surface area contributed by atoms with E-state index in [1.807, 2.05) is 48.9 Å². The first-order valence-corrected chi connectivity index (χ1v) is 6.72. The third-order valence-electron chi connectivity index (χ3n) is 3.54. The Morgan fingerprint density at radius 1 is 1.30 bits per heavy atom. The first kappa shape index (κ1) is 12.9. The summed E-state index contributed by atoms with van der Waals surface area (Å²) in [4.78, 5) is 16.3. The molecule has 0 aliphatic carbocycles. The lowest BCUT2D eigenvalue weighted by Gasteiger charge is -2.07. The molecule has 0 unspecified atom stereocenters. The Morgan fingerprint density at radius 3 is 2.70 bits per heavy atom. The van der Waals surface area contributed by atoms with Crippen LogP contribution in [0.5, 0.6) is 0 Å². The quantitative estimate of drug-likeness (QED) is 0.861. The Bertz CT molecular complexity index is 716. The minimum absolute atomic E-state index is 0.110. The number of nitrogens with zero attached hydrogens (tertiary/aromatic N) is 2. The molecule has 0 fully saturated rings. The normalized spacial score (nSPS) is 14.3. The van der Waals surface area contributed by atoms with Gasteiger partial charge < -0.3 is 9.88 Å². The van der Waals surface area contributed by atoms with E-state index in [2.05, 4.69) is 10.3 Å². The van der Waals surface area contributed by atoms with E-state index in [-0.39, 0.29) is 12.5 Å². The molecule has 0 radical (unpaired) electrons. The molecule has 1 N–H and O–H groups in total. The van der Waals surface area contributed by atoms with Crippen LogP contribution < -0.4 is 5.32 Å². The summed E-state index contributed by atoms with van der Waals surface area (Å²) in [6.45, 7) is 2.08. The van der Waals surface area contributed by atoms with Crippen molar-refractivity contribution < 1.29 is 4.79 Å². The van der Waals surface area contributed by atoms with Crippen LogP contribution in [0.15, 0.2) is 35.3 Å². The molecule has 2 aromatic rings. The molecular formula is C15H14ClN3O. The van der Waals surface area contributed by atoms with Crippen molar-refractivity contribution in [2.45, 2.75) is 6.92 Å². The molecule has 1 aromatic heterocycles. The van der Waals surface area contributed by atoms with Gasteiger partial charge >= 0.3 is 0 Å². The van der Waals surface area contributed by atoms with Crippen molar-refractivity contribution in [1.82, 2.24) is 4.57 Å². The van der Waals surface area contributed by atoms with Crippen molar-refractivity contribution in [3.63, 3.8) is 0 Å². The van der Waals surface area contributed by atoms with Gasteiger partial charge in [0.1, 0.15) is 11.7 Å². The molecule has 4 nitrogen and oxygen atoms in total. The molecule has 0 atom stereocenters. The molecule has 3 rings (SSSR count). The molecule has 1 aliphatic rings. The number of hydrogen-bond acceptors (Lipinski definition) is 2. The topological polar surface area (TPSA) is 46.4 Å². The Morgan fingerprint density at radius 2 is 2.00 bits per heavy atom. The van der Waals surface area contributed by atoms with Crippen LogP contribution in [0.1, 0.15) is 16.8 Å². The number of aromatic nitrogens is 1. The molecule has 1 aromatic carbocycles. The largest absolute Gasteiger partial charge is 0.337 e. The summed E-state index contributed by atoms with van der Waals surface area (Å²) >= 11 is 6.32. The highest BCUT2D eigenvalue weighted by Gasteiger charge is 2.26. The molecule has 2 heterocycles. The van der Waals surface area contributed by atoms with Crippen LogP contribution in [0.2, 0.25) is 5.15 Å². The first-order chi connectivity index (χ1) is 9.59. The van der Waals surface area contributed by atoms with E-state index >= 15 is 0 Å². The number of anilines is 1. The SMILES string of the molecule is Cc1c2c(c(Cl)n1C)NC(=O)CN=C2c1ccccc1. The average Bonchev–Trinajstić information content (AvgIpc) is 2.62. The van der Waals surface area contributed by atoms with Gasteiger partial charge in [0.25, 0.3) is 0 Å². The molecule has 5 heteroatoms. The van der Waals surface area contributed by atoms with Crippen molar-refractivity contribution in [3.05, 3.63) is 52.3 Å². The van der Waals surface area contributed by atoms with Crippen molar-refractivity contribution in [2.75, 3.05) is 11.9 Å². The van der Waals surface area contributed by atoms with Gasteiger partial charge in [-0.2, -0.15) is 0 Å². The molecule has 0 bridgehead atoms. The summed E-state index contributed by atoms with van der Waals surface area (Å²) in [6.07, 6.45) is 0. The van der Waals surface area contributed by atoms with E-state index in [1.165, 1.54) is 0 Å². The highest BCUT2D eigenvalue weighted by atomic mass is 35.5. The minimum atomic E-state index is -0.148. The Kier molecular flexibility index (Phi) is 3.10. The second kappa shape index (κ2) is 4.80. The van der Waals surface area contributed by atoms with Gasteiger partial charge in [0.2, 0.25) is 5.91 Å². The van der Waals surface area contributed by atoms with Gasteiger partial charge in [0.15, 0.2) is 0 Å². The van der Waals surface area contributed by atoms with Gasteiger partial charge in [0, 0.05) is 23.9 Å². The maximum absolute atomic E-state index is 11.8. The predicted octanol–water partition coefficient (Wildman–Crippen LogP) is 2.78. The van der Waals surface area contributed by atoms with Crippen LogP contribution in [0, 0.1) is 6.92 Å². The second-order valence-corrected chi connectivity index (χ2v) is 5.12. The van der Waals surface area contributed by atoms with Crippen molar-refractivity contribution in [2.24, 2.45) is 12.0 Å². The number of halogens is 1. The summed E-state index contributed by atoms with van der Waals surface area (Å²) in [7, 11) is 1.88. The van der Waals surface area contributed by atoms with Crippen LogP contribution in [0.3, 0.4) is 0 Å². The smallest absolute Gasteiger partial charge is 0.246 e. The zero-order chi connectivity index (χ0) is 14.3. The molecule has 102 valence electrons. The zero-order valence-electron chi connectivity index (χ0n) is 11.3. The van der Waals surface area contributed by atoms with E-state index in [1.54, 1.807) is 0 Å². The highest BCUT2D eigenvalue weighted by Crippen LogP contribution is 2.34. The number of carbonyl (C=O) groups excluding carboxylic acids is 1. The van der Waals surface area contributed by atoms with Gasteiger partial charge in [-0.1, -0.05) is 41.9 Å². The maximum atomic E-state index is 11.8. The summed E-state index contributed by atoms with van der Waals surface area (Å²) in [6, 6.07) is 9.84. The molecule has 0 saturated heterocycles. The van der Waals surface area contributed by atoms with E-state index in [4.69, 9.17) is 11.6 Å². The predicted molar refractivity (Wildman–Crippen MR) is 80.7 cm³/mol. The summed E-state index contributed by atoms with van der Waals surface area (Å²) in [5.41, 5.74) is 4.32. The first-order valence-electron chi connectivity index (χ1n) is 6.34. The molecule has 20 heavy (non-hydrogen) atoms. The third kappa shape index (κ3) is 1.93. The van der Waals surface area contributed by atoms with Gasteiger partial charge in [-0.3, -0.25) is 9.79 Å². The van der Waals surface area contributed by atoms with Gasteiger partial charge in [0.05, 0.1) is 11.4 Å². The lowest BCUT2D eigenvalue weighted by Crippen LogP contribution is -2.13. The lowest BCUT2D eigenvalue weighted by molar-refractivity contribution is -0.114. The summed E-state index contributed by atoms with van der Waals surface area (Å²) < 4.78 is 1.86. The van der Waals surface area contributed by atoms with Gasteiger partial charge in [-0.15, -0.1) is 0 Å². The van der Waals surface area contributed by atoms with Crippen LogP contribution in [-0.4, -0.2) is 22.7 Å². The summed E-state index contributed by atoms with van der Waals surface area (Å²) in [5, 5.41) is 3.37. The zero-order valence-corrected chi connectivity index (χ0v) is 12.0. The number of amides is 1. The van der Waals surface area contributed by atoms with Crippen molar-refractivity contribution >= 4 is 28.9 Å². The molecule has 0 spiro atoms. The number of fused-ring (bicyclic) bond motifs is 1. The van der Waals surface area contributed by atoms with Gasteiger partial charge in [-0.05, 0) is 6.92 Å². The maximum Gasteiger partial charge on any atom is 0.246 e. The molecular weight excluding hydrogens is 274 g/mol. The van der Waals surface area contributed by atoms with E-state index in [0.29, 0.717) is 10.8 Å². The number of nitrogens with one attached hydrogen (secondary N) is 1. The van der Waals surface area contributed by atoms with E-state index in [9.17, 15) is 4.79 Å². The minimum Gasteiger partial charge on any atom is -0.337 e. The number of aliphatic imine (C=N–C) groups is 1. The molecule has 1 amide bonds. The van der Waals surface area contributed by atoms with Crippen LogP contribution >= 0.6 is 11.6 Å². The van der Waals surface area contributed by atoms with Crippen molar-refractivity contribution in [1.29, 1.82) is 0 Å². The number of carbonyl (C=O) groups is 1. The fourth-order valence-corrected chi connectivity index (χ4v) is 2.68. The average molecular weight is 288 g/mol. The third-order valence-corrected chi connectivity index (χ3v) is 3.99. The number of benzene rings is 1. The molecule has 0 saturated carbocycles. The van der Waals surface area contributed by atoms with Gasteiger partial charge in [-0.25, -0.2) is 0 Å². The monoisotopic (exact) mass is 287 g/mol. The Hall–Kier alpha value is -2.07. The standard InChI is InChI=1S/C15H14ClN3O/c1-9-12-13(10-6-4-3-5-7-10)17-8-11(20)18-14(12)15(16)19(9)2/h3-7H,8H2,1-2H3,(H,18,20). The van der Waals surface area contributed by atoms with Crippen LogP contribution in [-0.2, 0) is 11.8 Å². The summed E-state index contributed by atoms with van der Waals surface area (Å²) in [5.74, 6) is -0.148. The van der Waals surface area contributed by atoms with Crippen LogP contribution in [0.25, 0.3) is 0 Å². The lowest BCUT2D eigenvalue weighted by atomic mass is 10.0. The second-order valence-electron chi connectivity index (χ2n) is 4.76. The Balaban J connectivity index is 2.28. The molecule has 1 aliphatic heterocycles. The highest BCUT2D eigenvalue weighted by molar-refractivity contribution is 6.35. The van der Waals surface area contributed by atoms with E-state index in [0.717, 1.165) is 22.5 Å². The van der Waals surface area contributed by atoms with E-state index < -0.39 is 0 Å².